The molecule has 4 nitrogen and oxygen atoms in total. The summed E-state index contributed by atoms with van der Waals surface area (Å²) >= 11 is 0. The first-order valence-corrected chi connectivity index (χ1v) is 8.57. The maximum Gasteiger partial charge on any atom is 0.243 e. The summed E-state index contributed by atoms with van der Waals surface area (Å²) in [6.45, 7) is 1.78. The van der Waals surface area contributed by atoms with Crippen molar-refractivity contribution in [1.82, 2.24) is 4.72 Å². The van der Waals surface area contributed by atoms with E-state index < -0.39 is 32.2 Å². The summed E-state index contributed by atoms with van der Waals surface area (Å²) in [5, 5.41) is 0. The van der Waals surface area contributed by atoms with E-state index in [-0.39, 0.29) is 12.0 Å². The van der Waals surface area contributed by atoms with Gasteiger partial charge in [0.2, 0.25) is 10.0 Å². The van der Waals surface area contributed by atoms with Crippen molar-refractivity contribution in [3.8, 4) is 0 Å². The lowest BCUT2D eigenvalue weighted by molar-refractivity contribution is 0.303. The number of hydrogen-bond donors (Lipinski definition) is 2. The minimum atomic E-state index is -4.05. The van der Waals surface area contributed by atoms with Gasteiger partial charge < -0.3 is 5.73 Å². The van der Waals surface area contributed by atoms with Crippen LogP contribution in [0.4, 0.5) is 14.5 Å². The normalized spacial score (nSPS) is 18.6. The van der Waals surface area contributed by atoms with E-state index in [2.05, 4.69) is 4.72 Å². The Labute approximate surface area is 123 Å². The summed E-state index contributed by atoms with van der Waals surface area (Å²) in [5.41, 5.74) is 4.44. The van der Waals surface area contributed by atoms with E-state index in [0.717, 1.165) is 37.8 Å². The first kappa shape index (κ1) is 16.2. The van der Waals surface area contributed by atoms with Crippen LogP contribution in [0.1, 0.15) is 39.0 Å². The molecule has 21 heavy (non-hydrogen) atoms. The third-order valence-electron chi connectivity index (χ3n) is 4.08. The number of sulfonamides is 1. The minimum Gasteiger partial charge on any atom is -0.394 e. The molecule has 1 aliphatic rings. The number of nitrogens with one attached hydrogen (secondary N) is 1. The van der Waals surface area contributed by atoms with Gasteiger partial charge in [-0.2, -0.15) is 0 Å². The molecule has 3 N–H and O–H groups in total. The van der Waals surface area contributed by atoms with Gasteiger partial charge >= 0.3 is 0 Å². The van der Waals surface area contributed by atoms with Gasteiger partial charge in [0.1, 0.15) is 16.4 Å². The molecule has 1 unspecified atom stereocenters. The third-order valence-corrected chi connectivity index (χ3v) is 5.66. The van der Waals surface area contributed by atoms with Crippen LogP contribution in [0.15, 0.2) is 17.0 Å². The molecule has 1 atom stereocenters. The lowest BCUT2D eigenvalue weighted by atomic mass is 9.85. The summed E-state index contributed by atoms with van der Waals surface area (Å²) in [4.78, 5) is -0.607. The summed E-state index contributed by atoms with van der Waals surface area (Å²) in [7, 11) is -4.05. The Hall–Kier alpha value is -1.21. The van der Waals surface area contributed by atoms with Crippen molar-refractivity contribution < 1.29 is 17.2 Å². The van der Waals surface area contributed by atoms with Crippen molar-refractivity contribution in [2.24, 2.45) is 5.92 Å². The SMILES string of the molecule is CC(NS(=O)(=O)c1ccc(F)c(N)c1F)C1CCCCC1. The maximum absolute atomic E-state index is 13.9. The summed E-state index contributed by atoms with van der Waals surface area (Å²) in [5.74, 6) is -1.96. The second kappa shape index (κ2) is 6.27. The van der Waals surface area contributed by atoms with Gasteiger partial charge in [0.25, 0.3) is 0 Å². The maximum atomic E-state index is 13.9. The van der Waals surface area contributed by atoms with Crippen LogP contribution in [0.25, 0.3) is 0 Å². The Morgan fingerprint density at radius 2 is 1.86 bits per heavy atom. The van der Waals surface area contributed by atoms with Crippen LogP contribution in [0, 0.1) is 17.6 Å². The van der Waals surface area contributed by atoms with E-state index in [4.69, 9.17) is 5.73 Å². The summed E-state index contributed by atoms with van der Waals surface area (Å²) in [6.07, 6.45) is 5.23. The van der Waals surface area contributed by atoms with E-state index in [0.29, 0.717) is 0 Å². The predicted octanol–water partition coefficient (Wildman–Crippen LogP) is 2.79. The molecule has 0 aliphatic heterocycles. The summed E-state index contributed by atoms with van der Waals surface area (Å²) in [6, 6.07) is 1.47. The first-order chi connectivity index (χ1) is 9.83. The van der Waals surface area contributed by atoms with Gasteiger partial charge in [0.15, 0.2) is 5.82 Å². The molecule has 0 bridgehead atoms. The molecule has 1 aromatic carbocycles. The van der Waals surface area contributed by atoms with Crippen LogP contribution in [0.3, 0.4) is 0 Å². The number of halogens is 2. The average Bonchev–Trinajstić information content (AvgIpc) is 2.45. The lowest BCUT2D eigenvalue weighted by Crippen LogP contribution is -2.39. The molecular weight excluding hydrogens is 298 g/mol. The molecule has 0 radical (unpaired) electrons. The fourth-order valence-electron chi connectivity index (χ4n) is 2.80. The molecule has 118 valence electrons. The highest BCUT2D eigenvalue weighted by molar-refractivity contribution is 7.89. The van der Waals surface area contributed by atoms with Crippen LogP contribution in [-0.4, -0.2) is 14.5 Å². The monoisotopic (exact) mass is 318 g/mol. The van der Waals surface area contributed by atoms with Crippen LogP contribution in [-0.2, 0) is 10.0 Å². The Morgan fingerprint density at radius 3 is 2.48 bits per heavy atom. The Bertz CT molecular complexity index is 614. The number of nitrogens with two attached hydrogens (primary N) is 1. The van der Waals surface area contributed by atoms with Gasteiger partial charge in [-0.1, -0.05) is 19.3 Å². The van der Waals surface area contributed by atoms with Crippen molar-refractivity contribution in [1.29, 1.82) is 0 Å². The fourth-order valence-corrected chi connectivity index (χ4v) is 4.20. The molecule has 1 aliphatic carbocycles. The predicted molar refractivity (Wildman–Crippen MR) is 77.1 cm³/mol. The van der Waals surface area contributed by atoms with E-state index in [1.54, 1.807) is 6.92 Å². The summed E-state index contributed by atoms with van der Waals surface area (Å²) < 4.78 is 54.0. The molecule has 1 aromatic rings. The Balaban J connectivity index is 2.20. The first-order valence-electron chi connectivity index (χ1n) is 7.08. The van der Waals surface area contributed by atoms with Crippen molar-refractivity contribution in [2.45, 2.75) is 50.0 Å². The number of rotatable bonds is 4. The van der Waals surface area contributed by atoms with Gasteiger partial charge in [-0.05, 0) is 37.8 Å². The van der Waals surface area contributed by atoms with Gasteiger partial charge in [0.05, 0.1) is 0 Å². The van der Waals surface area contributed by atoms with Crippen molar-refractivity contribution in [3.63, 3.8) is 0 Å². The fraction of sp³-hybridized carbons (Fsp3) is 0.571. The molecule has 0 aromatic heterocycles. The molecule has 0 saturated heterocycles. The van der Waals surface area contributed by atoms with Crippen LogP contribution < -0.4 is 10.5 Å². The zero-order chi connectivity index (χ0) is 15.6. The molecule has 2 rings (SSSR count). The highest BCUT2D eigenvalue weighted by Crippen LogP contribution is 2.28. The van der Waals surface area contributed by atoms with Crippen molar-refractivity contribution in [2.75, 3.05) is 5.73 Å². The quantitative estimate of drug-likeness (QED) is 0.839. The van der Waals surface area contributed by atoms with Crippen molar-refractivity contribution >= 4 is 15.7 Å². The van der Waals surface area contributed by atoms with E-state index in [1.165, 1.54) is 6.42 Å². The minimum absolute atomic E-state index is 0.245. The Morgan fingerprint density at radius 1 is 1.24 bits per heavy atom. The average molecular weight is 318 g/mol. The van der Waals surface area contributed by atoms with E-state index in [9.17, 15) is 17.2 Å². The largest absolute Gasteiger partial charge is 0.394 e. The van der Waals surface area contributed by atoms with Crippen LogP contribution >= 0.6 is 0 Å². The molecular formula is C14H20F2N2O2S. The molecule has 1 fully saturated rings. The van der Waals surface area contributed by atoms with Gasteiger partial charge in [-0.15, -0.1) is 0 Å². The lowest BCUT2D eigenvalue weighted by Gasteiger charge is -2.28. The van der Waals surface area contributed by atoms with Crippen molar-refractivity contribution in [3.05, 3.63) is 23.8 Å². The van der Waals surface area contributed by atoms with Gasteiger partial charge in [-0.25, -0.2) is 21.9 Å². The molecule has 7 heteroatoms. The smallest absolute Gasteiger partial charge is 0.243 e. The second-order valence-corrected chi connectivity index (χ2v) is 7.26. The standard InChI is InChI=1S/C14H20F2N2O2S/c1-9(10-5-3-2-4-6-10)18-21(19,20)12-8-7-11(15)14(17)13(12)16/h7-10,18H,2-6,17H2,1H3. The van der Waals surface area contributed by atoms with E-state index >= 15 is 0 Å². The highest BCUT2D eigenvalue weighted by Gasteiger charge is 2.28. The zero-order valence-electron chi connectivity index (χ0n) is 11.9. The number of hydrogen-bond acceptors (Lipinski definition) is 3. The van der Waals surface area contributed by atoms with Crippen LogP contribution in [0.5, 0.6) is 0 Å². The Kier molecular flexibility index (Phi) is 4.83. The molecule has 0 spiro atoms. The van der Waals surface area contributed by atoms with Crippen LogP contribution in [0.2, 0.25) is 0 Å². The molecule has 1 saturated carbocycles. The number of anilines is 1. The third kappa shape index (κ3) is 3.52. The van der Waals surface area contributed by atoms with Gasteiger partial charge in [-0.3, -0.25) is 0 Å². The highest BCUT2D eigenvalue weighted by atomic mass is 32.2. The molecule has 0 heterocycles. The van der Waals surface area contributed by atoms with E-state index in [1.807, 2.05) is 0 Å². The zero-order valence-corrected chi connectivity index (χ0v) is 12.7. The number of nitrogen functional groups attached to an aromatic ring is 1. The van der Waals surface area contributed by atoms with Gasteiger partial charge in [0, 0.05) is 6.04 Å². The topological polar surface area (TPSA) is 72.2 Å². The molecule has 0 amide bonds. The number of benzene rings is 1. The second-order valence-electron chi connectivity index (χ2n) is 5.58.